The first-order chi connectivity index (χ1) is 7.62. The van der Waals surface area contributed by atoms with Crippen molar-refractivity contribution in [2.75, 3.05) is 13.1 Å². The van der Waals surface area contributed by atoms with E-state index in [1.54, 1.807) is 0 Å². The fourth-order valence-electron chi connectivity index (χ4n) is 2.71. The fraction of sp³-hybridized carbons (Fsp3) is 0.857. The van der Waals surface area contributed by atoms with Gasteiger partial charge in [-0.2, -0.15) is 0 Å². The molecule has 0 amide bonds. The predicted octanol–water partition coefficient (Wildman–Crippen LogP) is 2.63. The lowest BCUT2D eigenvalue weighted by atomic mass is 9.81. The fourth-order valence-corrected chi connectivity index (χ4v) is 2.71. The van der Waals surface area contributed by atoms with Gasteiger partial charge in [-0.1, -0.05) is 27.7 Å². The van der Waals surface area contributed by atoms with Crippen LogP contribution >= 0.6 is 0 Å². The topological polar surface area (TPSA) is 29.3 Å². The zero-order valence-electron chi connectivity index (χ0n) is 11.6. The maximum atomic E-state index is 6.37. The van der Waals surface area contributed by atoms with Gasteiger partial charge in [0.05, 0.1) is 0 Å². The third kappa shape index (κ3) is 3.23. The first-order valence-electron chi connectivity index (χ1n) is 6.53. The molecule has 0 bridgehead atoms. The molecule has 0 spiro atoms. The van der Waals surface area contributed by atoms with Crippen LogP contribution in [0.5, 0.6) is 0 Å². The number of nitrogens with zero attached hydrogens (tertiary/aromatic N) is 1. The molecular weight excluding hydrogens is 196 g/mol. The van der Waals surface area contributed by atoms with Crippen molar-refractivity contribution in [3.8, 4) is 11.8 Å². The molecule has 0 aliphatic heterocycles. The van der Waals surface area contributed by atoms with Gasteiger partial charge in [-0.05, 0) is 32.9 Å². The maximum Gasteiger partial charge on any atom is 0.0364 e. The molecule has 0 rings (SSSR count). The summed E-state index contributed by atoms with van der Waals surface area (Å²) in [4.78, 5) is 2.50. The first-order valence-corrected chi connectivity index (χ1v) is 6.53. The van der Waals surface area contributed by atoms with Gasteiger partial charge >= 0.3 is 0 Å². The predicted molar refractivity (Wildman–Crippen MR) is 72.3 cm³/mol. The minimum absolute atomic E-state index is 0.118. The quantitative estimate of drug-likeness (QED) is 0.674. The third-order valence-electron chi connectivity index (χ3n) is 3.81. The van der Waals surface area contributed by atoms with E-state index in [2.05, 4.69) is 44.4 Å². The number of hydrogen-bond donors (Lipinski definition) is 1. The van der Waals surface area contributed by atoms with Gasteiger partial charge in [0.2, 0.25) is 0 Å². The van der Waals surface area contributed by atoms with Crippen molar-refractivity contribution in [1.29, 1.82) is 0 Å². The molecule has 1 atom stereocenters. The third-order valence-corrected chi connectivity index (χ3v) is 3.81. The second-order valence-corrected chi connectivity index (χ2v) is 4.22. The minimum atomic E-state index is 0.118. The Balaban J connectivity index is 4.95. The summed E-state index contributed by atoms with van der Waals surface area (Å²) < 4.78 is 0. The van der Waals surface area contributed by atoms with E-state index in [-0.39, 0.29) is 11.6 Å². The van der Waals surface area contributed by atoms with Crippen molar-refractivity contribution in [3.05, 3.63) is 0 Å². The first kappa shape index (κ1) is 15.5. The van der Waals surface area contributed by atoms with Crippen molar-refractivity contribution in [3.63, 3.8) is 0 Å². The second kappa shape index (κ2) is 7.70. The van der Waals surface area contributed by atoms with Gasteiger partial charge in [-0.3, -0.25) is 4.90 Å². The largest absolute Gasteiger partial charge is 0.325 e. The Morgan fingerprint density at radius 3 is 1.94 bits per heavy atom. The standard InChI is InChI=1S/C14H28N2/c1-6-11-12-13(15)14(7-2,8-3)16(9-4)10-5/h13H,7-10,12,15H2,1-5H3. The summed E-state index contributed by atoms with van der Waals surface area (Å²) in [7, 11) is 0. The molecule has 0 radical (unpaired) electrons. The molecule has 0 aliphatic rings. The Kier molecular flexibility index (Phi) is 7.45. The van der Waals surface area contributed by atoms with Crippen LogP contribution in [0.4, 0.5) is 0 Å². The Morgan fingerprint density at radius 1 is 1.12 bits per heavy atom. The highest BCUT2D eigenvalue weighted by Gasteiger charge is 2.37. The van der Waals surface area contributed by atoms with Gasteiger partial charge in [0, 0.05) is 18.0 Å². The van der Waals surface area contributed by atoms with Crippen molar-refractivity contribution < 1.29 is 0 Å². The van der Waals surface area contributed by atoms with E-state index in [4.69, 9.17) is 5.73 Å². The molecule has 0 saturated carbocycles. The minimum Gasteiger partial charge on any atom is -0.325 e. The second-order valence-electron chi connectivity index (χ2n) is 4.22. The van der Waals surface area contributed by atoms with E-state index in [1.807, 2.05) is 6.92 Å². The van der Waals surface area contributed by atoms with Crippen LogP contribution in [0.2, 0.25) is 0 Å². The van der Waals surface area contributed by atoms with Gasteiger partial charge in [0.15, 0.2) is 0 Å². The summed E-state index contributed by atoms with van der Waals surface area (Å²) in [6, 6.07) is 0.148. The van der Waals surface area contributed by atoms with Crippen LogP contribution in [0.3, 0.4) is 0 Å². The van der Waals surface area contributed by atoms with Crippen LogP contribution in [0.25, 0.3) is 0 Å². The number of rotatable bonds is 7. The van der Waals surface area contributed by atoms with Gasteiger partial charge < -0.3 is 5.73 Å². The molecule has 2 nitrogen and oxygen atoms in total. The highest BCUT2D eigenvalue weighted by Crippen LogP contribution is 2.28. The molecule has 16 heavy (non-hydrogen) atoms. The molecule has 0 heterocycles. The molecule has 2 heteroatoms. The lowest BCUT2D eigenvalue weighted by Crippen LogP contribution is -2.59. The van der Waals surface area contributed by atoms with E-state index >= 15 is 0 Å². The number of likely N-dealkylation sites (N-methyl/N-ethyl adjacent to an activating group) is 1. The SMILES string of the molecule is CC#CCC(N)C(CC)(CC)N(CC)CC. The summed E-state index contributed by atoms with van der Waals surface area (Å²) in [5.41, 5.74) is 6.49. The van der Waals surface area contributed by atoms with Crippen LogP contribution in [0.1, 0.15) is 53.9 Å². The van der Waals surface area contributed by atoms with Crippen molar-refractivity contribution in [2.45, 2.75) is 65.5 Å². The monoisotopic (exact) mass is 224 g/mol. The summed E-state index contributed by atoms with van der Waals surface area (Å²) in [6.07, 6.45) is 2.99. The Hall–Kier alpha value is -0.520. The van der Waals surface area contributed by atoms with Gasteiger partial charge in [-0.15, -0.1) is 11.8 Å². The summed E-state index contributed by atoms with van der Waals surface area (Å²) in [5, 5.41) is 0. The van der Waals surface area contributed by atoms with Crippen molar-refractivity contribution >= 4 is 0 Å². The van der Waals surface area contributed by atoms with Crippen LogP contribution in [0, 0.1) is 11.8 Å². The van der Waals surface area contributed by atoms with Crippen LogP contribution in [0.15, 0.2) is 0 Å². The molecule has 94 valence electrons. The van der Waals surface area contributed by atoms with Crippen molar-refractivity contribution in [1.82, 2.24) is 4.90 Å². The average molecular weight is 224 g/mol. The molecular formula is C14H28N2. The Morgan fingerprint density at radius 2 is 1.62 bits per heavy atom. The maximum absolute atomic E-state index is 6.37. The van der Waals surface area contributed by atoms with E-state index in [1.165, 1.54) is 0 Å². The Bertz CT molecular complexity index is 229. The zero-order chi connectivity index (χ0) is 12.6. The number of hydrogen-bond acceptors (Lipinski definition) is 2. The molecule has 0 saturated heterocycles. The van der Waals surface area contributed by atoms with Gasteiger partial charge in [-0.25, -0.2) is 0 Å². The highest BCUT2D eigenvalue weighted by molar-refractivity contribution is 5.05. The molecule has 0 aromatic heterocycles. The molecule has 1 unspecified atom stereocenters. The summed E-state index contributed by atoms with van der Waals surface area (Å²) >= 11 is 0. The average Bonchev–Trinajstić information content (AvgIpc) is 2.33. The Labute approximate surface area is 102 Å². The molecule has 0 aromatic carbocycles. The molecule has 0 fully saturated rings. The van der Waals surface area contributed by atoms with Crippen LogP contribution in [-0.4, -0.2) is 29.6 Å². The lowest BCUT2D eigenvalue weighted by Gasteiger charge is -2.46. The van der Waals surface area contributed by atoms with E-state index in [0.717, 1.165) is 32.4 Å². The molecule has 0 aromatic rings. The van der Waals surface area contributed by atoms with Crippen molar-refractivity contribution in [2.24, 2.45) is 5.73 Å². The van der Waals surface area contributed by atoms with E-state index < -0.39 is 0 Å². The van der Waals surface area contributed by atoms with E-state index in [0.29, 0.717) is 0 Å². The molecule has 0 aliphatic carbocycles. The highest BCUT2D eigenvalue weighted by atomic mass is 15.2. The number of nitrogens with two attached hydrogens (primary N) is 1. The normalized spacial score (nSPS) is 13.4. The van der Waals surface area contributed by atoms with Crippen LogP contribution in [-0.2, 0) is 0 Å². The zero-order valence-corrected chi connectivity index (χ0v) is 11.6. The van der Waals surface area contributed by atoms with E-state index in [9.17, 15) is 0 Å². The van der Waals surface area contributed by atoms with Crippen LogP contribution < -0.4 is 5.73 Å². The molecule has 2 N–H and O–H groups in total. The smallest absolute Gasteiger partial charge is 0.0364 e. The van der Waals surface area contributed by atoms with Gasteiger partial charge in [0.25, 0.3) is 0 Å². The summed E-state index contributed by atoms with van der Waals surface area (Å²) in [6.45, 7) is 12.9. The lowest BCUT2D eigenvalue weighted by molar-refractivity contribution is 0.0643. The summed E-state index contributed by atoms with van der Waals surface area (Å²) in [5.74, 6) is 6.07. The van der Waals surface area contributed by atoms with Gasteiger partial charge in [0.1, 0.15) is 0 Å².